The number of rotatable bonds is 5. The van der Waals surface area contributed by atoms with E-state index >= 15 is 0 Å². The fourth-order valence-electron chi connectivity index (χ4n) is 3.84. The third kappa shape index (κ3) is 10.4. The van der Waals surface area contributed by atoms with Crippen molar-refractivity contribution in [2.45, 2.75) is 34.6 Å². The van der Waals surface area contributed by atoms with Gasteiger partial charge in [0.2, 0.25) is 0 Å². The Labute approximate surface area is 251 Å². The second kappa shape index (κ2) is 18.0. The van der Waals surface area contributed by atoms with Gasteiger partial charge < -0.3 is 0 Å². The number of hydrogen-bond donors (Lipinski definition) is 0. The van der Waals surface area contributed by atoms with E-state index in [4.69, 9.17) is 0 Å². The molecule has 0 atom stereocenters. The number of nitrogens with zero attached hydrogens (tertiary/aromatic N) is 4. The van der Waals surface area contributed by atoms with E-state index in [2.05, 4.69) is 19.9 Å². The van der Waals surface area contributed by atoms with Crippen LogP contribution in [0.3, 0.4) is 0 Å². The van der Waals surface area contributed by atoms with Crippen molar-refractivity contribution in [3.63, 3.8) is 0 Å². The van der Waals surface area contributed by atoms with Crippen LogP contribution in [0.1, 0.15) is 74.8 Å². The summed E-state index contributed by atoms with van der Waals surface area (Å²) in [6, 6.07) is 14.7. The molecule has 0 aliphatic rings. The molecule has 4 heterocycles. The minimum absolute atomic E-state index is 0.193. The first-order valence-electron chi connectivity index (χ1n) is 13.3. The normalized spacial score (nSPS) is 9.42. The van der Waals surface area contributed by atoms with E-state index in [1.807, 2.05) is 50.5 Å². The van der Waals surface area contributed by atoms with Crippen LogP contribution in [0.5, 0.6) is 0 Å². The summed E-state index contributed by atoms with van der Waals surface area (Å²) in [4.78, 5) is 60.6. The molecule has 0 amide bonds. The Hall–Kier alpha value is -5.50. The number of aromatic nitrogens is 4. The molecule has 5 aromatic rings. The van der Waals surface area contributed by atoms with Gasteiger partial charge in [-0.3, -0.25) is 39.1 Å². The summed E-state index contributed by atoms with van der Waals surface area (Å²) < 4.78 is 0. The van der Waals surface area contributed by atoms with Gasteiger partial charge in [-0.25, -0.2) is 0 Å². The predicted molar refractivity (Wildman–Crippen MR) is 167 cm³/mol. The summed E-state index contributed by atoms with van der Waals surface area (Å²) in [6.45, 7) is 9.26. The minimum atomic E-state index is -0.193. The number of carbonyl (C=O) groups excluding carboxylic acids is 4. The molecule has 1 aromatic carbocycles. The second-order valence-electron chi connectivity index (χ2n) is 9.35. The molecule has 0 aliphatic heterocycles. The van der Waals surface area contributed by atoms with Crippen LogP contribution in [0, 0.1) is 34.6 Å². The highest BCUT2D eigenvalue weighted by molar-refractivity contribution is 6.12. The molecule has 5 rings (SSSR count). The predicted octanol–water partition coefficient (Wildman–Crippen LogP) is 6.54. The van der Waals surface area contributed by atoms with Crippen LogP contribution in [0.4, 0.5) is 0 Å². The van der Waals surface area contributed by atoms with Crippen molar-refractivity contribution in [1.82, 2.24) is 19.9 Å². The molecule has 0 fully saturated rings. The number of benzene rings is 1. The third-order valence-electron chi connectivity index (χ3n) is 6.24. The topological polar surface area (TPSA) is 120 Å². The third-order valence-corrected chi connectivity index (χ3v) is 6.24. The van der Waals surface area contributed by atoms with Crippen LogP contribution >= 0.6 is 0 Å². The lowest BCUT2D eigenvalue weighted by atomic mass is 9.86. The zero-order valence-corrected chi connectivity index (χ0v) is 24.9. The average molecular weight is 575 g/mol. The molecule has 218 valence electrons. The van der Waals surface area contributed by atoms with Gasteiger partial charge in [0, 0.05) is 77.4 Å². The van der Waals surface area contributed by atoms with Crippen LogP contribution in [-0.2, 0) is 0 Å². The number of ketones is 1. The van der Waals surface area contributed by atoms with Crippen molar-refractivity contribution in [3.8, 4) is 0 Å². The second-order valence-corrected chi connectivity index (χ2v) is 9.35. The van der Waals surface area contributed by atoms with Crippen LogP contribution in [0.2, 0.25) is 0 Å². The molecule has 8 heteroatoms. The highest BCUT2D eigenvalue weighted by atomic mass is 16.1. The van der Waals surface area contributed by atoms with Crippen molar-refractivity contribution >= 4 is 24.6 Å². The highest BCUT2D eigenvalue weighted by Gasteiger charge is 2.22. The van der Waals surface area contributed by atoms with E-state index < -0.39 is 0 Å². The van der Waals surface area contributed by atoms with E-state index in [1.54, 1.807) is 69.8 Å². The molecule has 43 heavy (non-hydrogen) atoms. The zero-order valence-electron chi connectivity index (χ0n) is 24.9. The molecule has 0 saturated carbocycles. The van der Waals surface area contributed by atoms with Gasteiger partial charge in [0.15, 0.2) is 24.6 Å². The quantitative estimate of drug-likeness (QED) is 0.171. The molecular weight excluding hydrogens is 540 g/mol. The summed E-state index contributed by atoms with van der Waals surface area (Å²) in [7, 11) is 0. The Morgan fingerprint density at radius 1 is 0.535 bits per heavy atom. The number of hydrogen-bond acceptors (Lipinski definition) is 8. The molecule has 0 radical (unpaired) electrons. The molecule has 0 aliphatic carbocycles. The Kier molecular flexibility index (Phi) is 14.1. The summed E-state index contributed by atoms with van der Waals surface area (Å²) in [5.74, 6) is -0.193. The standard InChI is InChI=1S/C17H15NO3.C6H5NO.2C6H7N/c1-10-11(2)16(12(3)15(9-20)14(10)8-19)17(21)13-5-4-6-18-7-13;8-5-6-2-1-3-7-4-6;2*1-6-3-2-4-7-5-6/h4-9H,1-3H3;1-5H;2*2-5H,1H3. The lowest BCUT2D eigenvalue weighted by Gasteiger charge is -2.16. The van der Waals surface area contributed by atoms with Crippen molar-refractivity contribution in [1.29, 1.82) is 0 Å². The van der Waals surface area contributed by atoms with Crippen LogP contribution in [-0.4, -0.2) is 44.6 Å². The van der Waals surface area contributed by atoms with Crippen LogP contribution < -0.4 is 0 Å². The molecule has 0 spiro atoms. The smallest absolute Gasteiger partial charge is 0.195 e. The van der Waals surface area contributed by atoms with Gasteiger partial charge in [-0.15, -0.1) is 0 Å². The Morgan fingerprint density at radius 2 is 1.00 bits per heavy atom. The molecular formula is C35H34N4O4. The summed E-state index contributed by atoms with van der Waals surface area (Å²) in [5.41, 5.74) is 6.50. The fraction of sp³-hybridized carbons (Fsp3) is 0.143. The van der Waals surface area contributed by atoms with Gasteiger partial charge in [0.25, 0.3) is 0 Å². The fourth-order valence-corrected chi connectivity index (χ4v) is 3.84. The summed E-state index contributed by atoms with van der Waals surface area (Å²) in [5, 5.41) is 0. The molecule has 0 N–H and O–H groups in total. The summed E-state index contributed by atoms with van der Waals surface area (Å²) >= 11 is 0. The summed E-state index contributed by atoms with van der Waals surface area (Å²) in [6.07, 6.45) is 15.5. The maximum Gasteiger partial charge on any atom is 0.195 e. The first-order chi connectivity index (χ1) is 20.7. The van der Waals surface area contributed by atoms with Gasteiger partial charge in [0.1, 0.15) is 0 Å². The van der Waals surface area contributed by atoms with Gasteiger partial charge >= 0.3 is 0 Å². The van der Waals surface area contributed by atoms with Crippen molar-refractivity contribution in [3.05, 3.63) is 154 Å². The first kappa shape index (κ1) is 33.7. The Morgan fingerprint density at radius 3 is 1.33 bits per heavy atom. The number of pyridine rings is 4. The lowest BCUT2D eigenvalue weighted by molar-refractivity contribution is 0.103. The number of aldehydes is 3. The lowest BCUT2D eigenvalue weighted by Crippen LogP contribution is -2.13. The van der Waals surface area contributed by atoms with E-state index in [1.165, 1.54) is 23.5 Å². The maximum absolute atomic E-state index is 12.7. The number of carbonyl (C=O) groups is 4. The number of aryl methyl sites for hydroxylation is 2. The SMILES string of the molecule is Cc1c(C)c(C(=O)c2cccnc2)c(C)c(C=O)c1C=O.Cc1cccnc1.Cc1cccnc1.O=Cc1cccnc1. The van der Waals surface area contributed by atoms with Crippen LogP contribution in [0.25, 0.3) is 0 Å². The largest absolute Gasteiger partial charge is 0.298 e. The van der Waals surface area contributed by atoms with E-state index in [0.717, 1.165) is 6.29 Å². The maximum atomic E-state index is 12.7. The Bertz CT molecular complexity index is 1570. The van der Waals surface area contributed by atoms with Crippen molar-refractivity contribution in [2.24, 2.45) is 0 Å². The van der Waals surface area contributed by atoms with Crippen LogP contribution in [0.15, 0.2) is 98.1 Å². The first-order valence-corrected chi connectivity index (χ1v) is 13.3. The Balaban J connectivity index is 0.000000237. The van der Waals surface area contributed by atoms with E-state index in [9.17, 15) is 19.2 Å². The van der Waals surface area contributed by atoms with Gasteiger partial charge in [0.05, 0.1) is 0 Å². The molecule has 4 aromatic heterocycles. The minimum Gasteiger partial charge on any atom is -0.298 e. The van der Waals surface area contributed by atoms with Crippen molar-refractivity contribution in [2.75, 3.05) is 0 Å². The molecule has 0 saturated heterocycles. The van der Waals surface area contributed by atoms with Gasteiger partial charge in [-0.2, -0.15) is 0 Å². The zero-order chi connectivity index (χ0) is 31.6. The van der Waals surface area contributed by atoms with Gasteiger partial charge in [-0.1, -0.05) is 12.1 Å². The highest BCUT2D eigenvalue weighted by Crippen LogP contribution is 2.27. The molecule has 0 bridgehead atoms. The van der Waals surface area contributed by atoms with Crippen molar-refractivity contribution < 1.29 is 19.2 Å². The molecule has 8 nitrogen and oxygen atoms in total. The van der Waals surface area contributed by atoms with E-state index in [0.29, 0.717) is 51.5 Å². The van der Waals surface area contributed by atoms with Gasteiger partial charge in [-0.05, 0) is 98.8 Å². The molecule has 0 unspecified atom stereocenters. The monoisotopic (exact) mass is 574 g/mol. The van der Waals surface area contributed by atoms with E-state index in [-0.39, 0.29) is 11.3 Å². The average Bonchev–Trinajstić information content (AvgIpc) is 3.05.